The van der Waals surface area contributed by atoms with Crippen LogP contribution in [0.4, 0.5) is 4.39 Å². The number of halogens is 2. The van der Waals surface area contributed by atoms with Crippen molar-refractivity contribution in [3.8, 4) is 0 Å². The van der Waals surface area contributed by atoms with Crippen molar-refractivity contribution in [2.45, 2.75) is 37.4 Å². The molecule has 1 nitrogen and oxygen atoms in total. The van der Waals surface area contributed by atoms with Crippen LogP contribution in [-0.4, -0.2) is 5.67 Å². The van der Waals surface area contributed by atoms with Crippen LogP contribution < -0.4 is 5.73 Å². The van der Waals surface area contributed by atoms with E-state index in [1.54, 1.807) is 13.0 Å². The molecule has 1 aromatic carbocycles. The van der Waals surface area contributed by atoms with Crippen LogP contribution in [0.2, 0.25) is 5.02 Å². The number of rotatable bonds is 1. The van der Waals surface area contributed by atoms with E-state index in [1.165, 1.54) is 0 Å². The molecule has 1 aliphatic carbocycles. The van der Waals surface area contributed by atoms with Crippen molar-refractivity contribution in [3.63, 3.8) is 0 Å². The Labute approximate surface area is 94.4 Å². The SMILES string of the molecule is CC1(F)CCC(N)(c2ccccc2Cl)C1. The molecule has 2 rings (SSSR count). The van der Waals surface area contributed by atoms with E-state index in [9.17, 15) is 4.39 Å². The number of hydrogen-bond acceptors (Lipinski definition) is 1. The van der Waals surface area contributed by atoms with Crippen molar-refractivity contribution in [1.29, 1.82) is 0 Å². The van der Waals surface area contributed by atoms with E-state index in [2.05, 4.69) is 0 Å². The maximum absolute atomic E-state index is 13.8. The van der Waals surface area contributed by atoms with Gasteiger partial charge in [0.15, 0.2) is 0 Å². The van der Waals surface area contributed by atoms with Crippen molar-refractivity contribution in [2.75, 3.05) is 0 Å². The van der Waals surface area contributed by atoms with E-state index in [1.807, 2.05) is 18.2 Å². The second kappa shape index (κ2) is 3.46. The van der Waals surface area contributed by atoms with Crippen LogP contribution in [0.3, 0.4) is 0 Å². The quantitative estimate of drug-likeness (QED) is 0.782. The molecule has 0 amide bonds. The molecule has 2 atom stereocenters. The largest absolute Gasteiger partial charge is 0.321 e. The smallest absolute Gasteiger partial charge is 0.110 e. The lowest BCUT2D eigenvalue weighted by molar-refractivity contribution is 0.187. The molecule has 0 bridgehead atoms. The summed E-state index contributed by atoms with van der Waals surface area (Å²) in [5.74, 6) is 0. The molecule has 0 aromatic heterocycles. The maximum Gasteiger partial charge on any atom is 0.110 e. The Morgan fingerprint density at radius 1 is 1.33 bits per heavy atom. The molecule has 1 aliphatic rings. The number of nitrogens with two attached hydrogens (primary N) is 1. The van der Waals surface area contributed by atoms with Crippen LogP contribution in [0.15, 0.2) is 24.3 Å². The highest BCUT2D eigenvalue weighted by atomic mass is 35.5. The minimum Gasteiger partial charge on any atom is -0.321 e. The van der Waals surface area contributed by atoms with Crippen LogP contribution >= 0.6 is 11.6 Å². The summed E-state index contributed by atoms with van der Waals surface area (Å²) in [5.41, 5.74) is 5.35. The van der Waals surface area contributed by atoms with E-state index in [-0.39, 0.29) is 0 Å². The molecule has 0 aliphatic heterocycles. The van der Waals surface area contributed by atoms with Crippen molar-refractivity contribution in [1.82, 2.24) is 0 Å². The molecule has 0 radical (unpaired) electrons. The molecule has 0 heterocycles. The third-order valence-corrected chi connectivity index (χ3v) is 3.52. The molecule has 2 unspecified atom stereocenters. The first-order valence-corrected chi connectivity index (χ1v) is 5.54. The van der Waals surface area contributed by atoms with Crippen molar-refractivity contribution < 1.29 is 4.39 Å². The lowest BCUT2D eigenvalue weighted by Gasteiger charge is -2.26. The van der Waals surface area contributed by atoms with Crippen LogP contribution in [0, 0.1) is 0 Å². The van der Waals surface area contributed by atoms with Crippen LogP contribution in [-0.2, 0) is 5.54 Å². The third kappa shape index (κ3) is 2.01. The van der Waals surface area contributed by atoms with Crippen LogP contribution in [0.5, 0.6) is 0 Å². The zero-order chi connectivity index (χ0) is 11.1. The summed E-state index contributed by atoms with van der Waals surface area (Å²) in [5, 5.41) is 0.637. The van der Waals surface area contributed by atoms with Crippen LogP contribution in [0.1, 0.15) is 31.7 Å². The van der Waals surface area contributed by atoms with Gasteiger partial charge in [0.1, 0.15) is 5.67 Å². The first-order valence-electron chi connectivity index (χ1n) is 5.16. The molecule has 82 valence electrons. The summed E-state index contributed by atoms with van der Waals surface area (Å²) in [7, 11) is 0. The number of hydrogen-bond donors (Lipinski definition) is 1. The summed E-state index contributed by atoms with van der Waals surface area (Å²) in [6, 6.07) is 7.45. The number of alkyl halides is 1. The van der Waals surface area contributed by atoms with Gasteiger partial charge in [-0.25, -0.2) is 4.39 Å². The average Bonchev–Trinajstić information content (AvgIpc) is 2.42. The highest BCUT2D eigenvalue weighted by molar-refractivity contribution is 6.31. The molecule has 15 heavy (non-hydrogen) atoms. The van der Waals surface area contributed by atoms with Crippen molar-refractivity contribution >= 4 is 11.6 Å². The highest BCUT2D eigenvalue weighted by Gasteiger charge is 2.45. The van der Waals surface area contributed by atoms with Gasteiger partial charge in [-0.15, -0.1) is 0 Å². The summed E-state index contributed by atoms with van der Waals surface area (Å²) < 4.78 is 13.8. The van der Waals surface area contributed by atoms with Gasteiger partial charge in [0.25, 0.3) is 0 Å². The molecular formula is C12H15ClFN. The fourth-order valence-corrected chi connectivity index (χ4v) is 2.74. The Bertz CT molecular complexity index is 378. The molecule has 1 saturated carbocycles. The zero-order valence-corrected chi connectivity index (χ0v) is 9.52. The lowest BCUT2D eigenvalue weighted by Crippen LogP contribution is -2.35. The summed E-state index contributed by atoms with van der Waals surface area (Å²) in [6.07, 6.45) is 1.52. The normalized spacial score (nSPS) is 35.7. The average molecular weight is 228 g/mol. The van der Waals surface area contributed by atoms with Gasteiger partial charge in [-0.2, -0.15) is 0 Å². The number of benzene rings is 1. The monoisotopic (exact) mass is 227 g/mol. The highest BCUT2D eigenvalue weighted by Crippen LogP contribution is 2.46. The predicted octanol–water partition coefficient (Wildman–Crippen LogP) is 3.41. The Morgan fingerprint density at radius 2 is 2.00 bits per heavy atom. The van der Waals surface area contributed by atoms with Crippen LogP contribution in [0.25, 0.3) is 0 Å². The molecule has 0 saturated heterocycles. The Hall–Kier alpha value is -0.600. The minimum atomic E-state index is -1.16. The van der Waals surface area contributed by atoms with E-state index in [0.717, 1.165) is 5.56 Å². The van der Waals surface area contributed by atoms with Gasteiger partial charge < -0.3 is 5.73 Å². The van der Waals surface area contributed by atoms with E-state index in [4.69, 9.17) is 17.3 Å². The van der Waals surface area contributed by atoms with Gasteiger partial charge in [-0.05, 0) is 31.4 Å². The molecule has 3 heteroatoms. The molecule has 1 fully saturated rings. The first-order chi connectivity index (χ1) is 6.93. The second-order valence-electron chi connectivity index (χ2n) is 4.73. The van der Waals surface area contributed by atoms with Gasteiger partial charge in [-0.3, -0.25) is 0 Å². The van der Waals surface area contributed by atoms with E-state index >= 15 is 0 Å². The van der Waals surface area contributed by atoms with Gasteiger partial charge in [-0.1, -0.05) is 29.8 Å². The Balaban J connectivity index is 2.36. The van der Waals surface area contributed by atoms with Gasteiger partial charge in [0.2, 0.25) is 0 Å². The molecular weight excluding hydrogens is 213 g/mol. The molecule has 0 spiro atoms. The molecule has 1 aromatic rings. The van der Waals surface area contributed by atoms with Crippen molar-refractivity contribution in [3.05, 3.63) is 34.9 Å². The zero-order valence-electron chi connectivity index (χ0n) is 8.76. The predicted molar refractivity (Wildman–Crippen MR) is 60.7 cm³/mol. The summed E-state index contributed by atoms with van der Waals surface area (Å²) in [4.78, 5) is 0. The fourth-order valence-electron chi connectivity index (χ4n) is 2.41. The van der Waals surface area contributed by atoms with Gasteiger partial charge in [0, 0.05) is 17.0 Å². The summed E-state index contributed by atoms with van der Waals surface area (Å²) >= 11 is 6.08. The minimum absolute atomic E-state index is 0.351. The Morgan fingerprint density at radius 3 is 2.53 bits per heavy atom. The molecule has 2 N–H and O–H groups in total. The Kier molecular flexibility index (Phi) is 2.52. The van der Waals surface area contributed by atoms with Gasteiger partial charge in [0.05, 0.1) is 0 Å². The topological polar surface area (TPSA) is 26.0 Å². The summed E-state index contributed by atoms with van der Waals surface area (Å²) in [6.45, 7) is 1.61. The third-order valence-electron chi connectivity index (χ3n) is 3.19. The fraction of sp³-hybridized carbons (Fsp3) is 0.500. The maximum atomic E-state index is 13.8. The van der Waals surface area contributed by atoms with Gasteiger partial charge >= 0.3 is 0 Å². The van der Waals surface area contributed by atoms with Crippen molar-refractivity contribution in [2.24, 2.45) is 5.73 Å². The van der Waals surface area contributed by atoms with E-state index < -0.39 is 11.2 Å². The second-order valence-corrected chi connectivity index (χ2v) is 5.13. The van der Waals surface area contributed by atoms with E-state index in [0.29, 0.717) is 24.3 Å². The standard InChI is InChI=1S/C12H15ClFN/c1-11(14)6-7-12(15,8-11)9-4-2-3-5-10(9)13/h2-5H,6-8,15H2,1H3. The lowest BCUT2D eigenvalue weighted by atomic mass is 9.88. The first kappa shape index (κ1) is 10.9.